The maximum Gasteiger partial charge on any atom is 0.322 e. The lowest BCUT2D eigenvalue weighted by Gasteiger charge is -2.27. The number of nitrogens with one attached hydrogen (secondary N) is 1. The first kappa shape index (κ1) is 20.6. The maximum atomic E-state index is 12.9. The second-order valence-corrected chi connectivity index (χ2v) is 8.78. The van der Waals surface area contributed by atoms with Gasteiger partial charge in [0.05, 0.1) is 32.1 Å². The van der Waals surface area contributed by atoms with Crippen LogP contribution >= 0.6 is 22.9 Å². The molecule has 0 atom stereocenters. The number of ether oxygens (including phenoxy) is 2. The lowest BCUT2D eigenvalue weighted by Crippen LogP contribution is -2.38. The highest BCUT2D eigenvalue weighted by atomic mass is 35.5. The molecule has 0 radical (unpaired) electrons. The Morgan fingerprint density at radius 1 is 1.16 bits per heavy atom. The predicted molar refractivity (Wildman–Crippen MR) is 124 cm³/mol. The minimum atomic E-state index is -0.192. The molecule has 1 aliphatic rings. The van der Waals surface area contributed by atoms with Crippen LogP contribution in [0.15, 0.2) is 42.5 Å². The molecule has 2 aromatic heterocycles. The zero-order valence-electron chi connectivity index (χ0n) is 17.5. The molecule has 3 heterocycles. The predicted octanol–water partition coefficient (Wildman–Crippen LogP) is 4.72. The molecule has 164 valence electrons. The van der Waals surface area contributed by atoms with E-state index < -0.39 is 0 Å². The van der Waals surface area contributed by atoms with Crippen molar-refractivity contribution in [1.29, 1.82) is 0 Å². The Kier molecular flexibility index (Phi) is 5.36. The third kappa shape index (κ3) is 3.74. The number of nitrogens with zero attached hydrogens (tertiary/aromatic N) is 4. The van der Waals surface area contributed by atoms with Gasteiger partial charge >= 0.3 is 6.03 Å². The van der Waals surface area contributed by atoms with Gasteiger partial charge in [0.2, 0.25) is 4.96 Å². The van der Waals surface area contributed by atoms with Crippen molar-refractivity contribution in [3.63, 3.8) is 0 Å². The summed E-state index contributed by atoms with van der Waals surface area (Å²) in [6.07, 6.45) is 0.696. The first-order valence-corrected chi connectivity index (χ1v) is 11.2. The first-order chi connectivity index (χ1) is 15.6. The fourth-order valence-corrected chi connectivity index (χ4v) is 4.93. The van der Waals surface area contributed by atoms with Crippen LogP contribution < -0.4 is 14.8 Å². The lowest BCUT2D eigenvalue weighted by molar-refractivity contribution is 0.206. The van der Waals surface area contributed by atoms with Crippen LogP contribution in [0, 0.1) is 0 Å². The standard InChI is InChI=1S/C22H20ClN5O3S/c1-30-15-7-8-18(31-2)16(11-15)24-21(29)27-10-9-17-19(12-27)32-22-25-20(26-28(17)22)13-3-5-14(23)6-4-13/h3-8,11H,9-10,12H2,1-2H3,(H,24,29). The van der Waals surface area contributed by atoms with Gasteiger partial charge in [-0.25, -0.2) is 9.31 Å². The molecule has 0 aliphatic carbocycles. The van der Waals surface area contributed by atoms with E-state index in [2.05, 4.69) is 15.4 Å². The molecular formula is C22H20ClN5O3S. The van der Waals surface area contributed by atoms with E-state index in [-0.39, 0.29) is 6.03 Å². The summed E-state index contributed by atoms with van der Waals surface area (Å²) in [4.78, 5) is 21.3. The van der Waals surface area contributed by atoms with Crippen LogP contribution in [-0.2, 0) is 13.0 Å². The largest absolute Gasteiger partial charge is 0.497 e. The van der Waals surface area contributed by atoms with Crippen molar-refractivity contribution in [2.24, 2.45) is 0 Å². The van der Waals surface area contributed by atoms with Gasteiger partial charge in [-0.05, 0) is 36.4 Å². The number of fused-ring (bicyclic) bond motifs is 3. The lowest BCUT2D eigenvalue weighted by atomic mass is 10.2. The van der Waals surface area contributed by atoms with Gasteiger partial charge in [0.25, 0.3) is 0 Å². The highest BCUT2D eigenvalue weighted by Crippen LogP contribution is 2.32. The number of hydrogen-bond donors (Lipinski definition) is 1. The molecule has 32 heavy (non-hydrogen) atoms. The monoisotopic (exact) mass is 469 g/mol. The quantitative estimate of drug-likeness (QED) is 0.467. The number of halogens is 1. The van der Waals surface area contributed by atoms with Crippen molar-refractivity contribution >= 4 is 39.6 Å². The molecule has 0 fully saturated rings. The minimum absolute atomic E-state index is 0.192. The molecule has 4 aromatic rings. The molecule has 10 heteroatoms. The molecule has 0 bridgehead atoms. The molecule has 2 aromatic carbocycles. The van der Waals surface area contributed by atoms with Crippen LogP contribution in [0.4, 0.5) is 10.5 Å². The number of hydrogen-bond acceptors (Lipinski definition) is 6. The topological polar surface area (TPSA) is 81.0 Å². The zero-order chi connectivity index (χ0) is 22.2. The summed E-state index contributed by atoms with van der Waals surface area (Å²) in [5.41, 5.74) is 2.58. The van der Waals surface area contributed by atoms with Gasteiger partial charge < -0.3 is 19.7 Å². The summed E-state index contributed by atoms with van der Waals surface area (Å²) in [6, 6.07) is 12.6. The summed E-state index contributed by atoms with van der Waals surface area (Å²) >= 11 is 7.54. The number of urea groups is 1. The van der Waals surface area contributed by atoms with Crippen molar-refractivity contribution in [3.05, 3.63) is 58.1 Å². The number of benzene rings is 2. The van der Waals surface area contributed by atoms with E-state index in [1.165, 1.54) is 0 Å². The van der Waals surface area contributed by atoms with E-state index in [1.54, 1.807) is 48.7 Å². The Morgan fingerprint density at radius 3 is 2.72 bits per heavy atom. The first-order valence-electron chi connectivity index (χ1n) is 9.97. The van der Waals surface area contributed by atoms with Crippen molar-refractivity contribution in [1.82, 2.24) is 19.5 Å². The molecule has 1 N–H and O–H groups in total. The Balaban J connectivity index is 1.35. The number of amides is 2. The van der Waals surface area contributed by atoms with Crippen LogP contribution in [0.25, 0.3) is 16.3 Å². The van der Waals surface area contributed by atoms with Crippen LogP contribution in [0.5, 0.6) is 11.5 Å². The summed E-state index contributed by atoms with van der Waals surface area (Å²) in [7, 11) is 3.15. The van der Waals surface area contributed by atoms with Crippen molar-refractivity contribution < 1.29 is 14.3 Å². The number of carbonyl (C=O) groups excluding carboxylic acids is 1. The van der Waals surface area contributed by atoms with Gasteiger partial charge in [0.15, 0.2) is 5.82 Å². The Labute approximate surface area is 193 Å². The summed E-state index contributed by atoms with van der Waals surface area (Å²) in [5, 5.41) is 8.30. The maximum absolute atomic E-state index is 12.9. The molecule has 0 saturated heterocycles. The third-order valence-electron chi connectivity index (χ3n) is 5.36. The van der Waals surface area contributed by atoms with Crippen LogP contribution in [0.3, 0.4) is 0 Å². The van der Waals surface area contributed by atoms with Gasteiger partial charge in [-0.3, -0.25) is 0 Å². The SMILES string of the molecule is COc1ccc(OC)c(NC(=O)N2CCc3c(sc4nc(-c5ccc(Cl)cc5)nn34)C2)c1. The number of thiazole rings is 1. The molecule has 5 rings (SSSR count). The number of rotatable bonds is 4. The van der Waals surface area contributed by atoms with Gasteiger partial charge in [-0.1, -0.05) is 22.9 Å². The summed E-state index contributed by atoms with van der Waals surface area (Å²) in [5.74, 6) is 1.88. The van der Waals surface area contributed by atoms with Crippen LogP contribution in [-0.4, -0.2) is 46.3 Å². The number of aromatic nitrogens is 3. The van der Waals surface area contributed by atoms with Crippen molar-refractivity contribution in [2.45, 2.75) is 13.0 Å². The summed E-state index contributed by atoms with van der Waals surface area (Å²) < 4.78 is 12.5. The molecule has 2 amide bonds. The second kappa shape index (κ2) is 8.33. The van der Waals surface area contributed by atoms with Gasteiger partial charge in [-0.15, -0.1) is 5.10 Å². The van der Waals surface area contributed by atoms with E-state index >= 15 is 0 Å². The zero-order valence-corrected chi connectivity index (χ0v) is 19.0. The Morgan fingerprint density at radius 2 is 1.97 bits per heavy atom. The van der Waals surface area contributed by atoms with E-state index in [4.69, 9.17) is 21.1 Å². The van der Waals surface area contributed by atoms with E-state index in [0.29, 0.717) is 47.5 Å². The fraction of sp³-hybridized carbons (Fsp3) is 0.227. The van der Waals surface area contributed by atoms with Gasteiger partial charge in [0, 0.05) is 34.5 Å². The number of anilines is 1. The molecular weight excluding hydrogens is 450 g/mol. The average molecular weight is 470 g/mol. The van der Waals surface area contributed by atoms with E-state index in [0.717, 1.165) is 21.1 Å². The molecule has 0 unspecified atom stereocenters. The Bertz CT molecular complexity index is 1300. The smallest absolute Gasteiger partial charge is 0.322 e. The number of carbonyl (C=O) groups is 1. The molecule has 8 nitrogen and oxygen atoms in total. The highest BCUT2D eigenvalue weighted by Gasteiger charge is 2.27. The van der Waals surface area contributed by atoms with Crippen LogP contribution in [0.1, 0.15) is 10.6 Å². The van der Waals surface area contributed by atoms with E-state index in [9.17, 15) is 4.79 Å². The van der Waals surface area contributed by atoms with E-state index in [1.807, 2.05) is 28.8 Å². The molecule has 1 aliphatic heterocycles. The summed E-state index contributed by atoms with van der Waals surface area (Å²) in [6.45, 7) is 1.08. The second-order valence-electron chi connectivity index (χ2n) is 7.28. The van der Waals surface area contributed by atoms with Gasteiger partial charge in [-0.2, -0.15) is 4.98 Å². The van der Waals surface area contributed by atoms with Crippen molar-refractivity contribution in [3.8, 4) is 22.9 Å². The van der Waals surface area contributed by atoms with Crippen LogP contribution in [0.2, 0.25) is 5.02 Å². The minimum Gasteiger partial charge on any atom is -0.497 e. The highest BCUT2D eigenvalue weighted by molar-refractivity contribution is 7.17. The molecule has 0 spiro atoms. The average Bonchev–Trinajstić information content (AvgIpc) is 3.37. The molecule has 0 saturated carbocycles. The number of methoxy groups -OCH3 is 2. The van der Waals surface area contributed by atoms with Gasteiger partial charge in [0.1, 0.15) is 11.5 Å². The third-order valence-corrected chi connectivity index (χ3v) is 6.67. The normalized spacial score (nSPS) is 13.2. The Hall–Kier alpha value is -3.30. The van der Waals surface area contributed by atoms with Crippen molar-refractivity contribution in [2.75, 3.05) is 26.1 Å². The fourth-order valence-electron chi connectivity index (χ4n) is 3.69.